The van der Waals surface area contributed by atoms with Crippen LogP contribution in [-0.2, 0) is 0 Å². The topological polar surface area (TPSA) is 62.3 Å². The lowest BCUT2D eigenvalue weighted by Gasteiger charge is -2.30. The molecule has 1 aliphatic heterocycles. The number of aromatic nitrogens is 1. The normalized spacial score (nSPS) is 15.1. The highest BCUT2D eigenvalue weighted by Gasteiger charge is 2.22. The number of para-hydroxylation sites is 1. The van der Waals surface area contributed by atoms with E-state index in [-0.39, 0.29) is 11.8 Å². The van der Waals surface area contributed by atoms with Gasteiger partial charge in [-0.15, -0.1) is 0 Å². The second-order valence-corrected chi connectivity index (χ2v) is 6.22. The van der Waals surface area contributed by atoms with Gasteiger partial charge in [0.05, 0.1) is 0 Å². The van der Waals surface area contributed by atoms with Crippen LogP contribution < -0.4 is 5.32 Å². The molecule has 0 unspecified atom stereocenters. The van der Waals surface area contributed by atoms with Crippen LogP contribution in [-0.4, -0.2) is 34.8 Å². The van der Waals surface area contributed by atoms with Crippen molar-refractivity contribution in [2.45, 2.75) is 19.8 Å². The number of piperidine rings is 1. The third-order valence-electron chi connectivity index (χ3n) is 4.34. The Hall–Kier alpha value is -2.69. The van der Waals surface area contributed by atoms with Crippen molar-refractivity contribution in [1.82, 2.24) is 9.88 Å². The largest absolute Gasteiger partial charge is 0.337 e. The molecule has 5 nitrogen and oxygen atoms in total. The van der Waals surface area contributed by atoms with Crippen LogP contribution in [0.2, 0.25) is 0 Å². The number of rotatable bonds is 3. The predicted molar refractivity (Wildman–Crippen MR) is 92.9 cm³/mol. The fourth-order valence-electron chi connectivity index (χ4n) is 2.79. The van der Waals surface area contributed by atoms with Gasteiger partial charge >= 0.3 is 0 Å². The lowest BCUT2D eigenvalue weighted by Crippen LogP contribution is -2.38. The molecule has 2 amide bonds. The SMILES string of the molecule is CC1CCN(C(=O)c2cc(C(=O)Nc3ccccc3)ccn2)CC1. The molecule has 0 saturated carbocycles. The number of hydrogen-bond donors (Lipinski definition) is 1. The van der Waals surface area contributed by atoms with Crippen molar-refractivity contribution in [3.05, 3.63) is 59.9 Å². The summed E-state index contributed by atoms with van der Waals surface area (Å²) in [7, 11) is 0. The molecule has 1 fully saturated rings. The van der Waals surface area contributed by atoms with Gasteiger partial charge in [0.15, 0.2) is 0 Å². The molecule has 0 spiro atoms. The Morgan fingerprint density at radius 2 is 1.83 bits per heavy atom. The van der Waals surface area contributed by atoms with E-state index in [1.807, 2.05) is 35.2 Å². The minimum atomic E-state index is -0.245. The molecule has 1 N–H and O–H groups in total. The average Bonchev–Trinajstić information content (AvgIpc) is 2.63. The average molecular weight is 323 g/mol. The van der Waals surface area contributed by atoms with E-state index in [1.54, 1.807) is 12.1 Å². The summed E-state index contributed by atoms with van der Waals surface area (Å²) in [6.45, 7) is 3.71. The van der Waals surface area contributed by atoms with Gasteiger partial charge in [0.25, 0.3) is 11.8 Å². The van der Waals surface area contributed by atoms with Crippen molar-refractivity contribution in [3.63, 3.8) is 0 Å². The number of likely N-dealkylation sites (tertiary alicyclic amines) is 1. The van der Waals surface area contributed by atoms with Crippen molar-refractivity contribution >= 4 is 17.5 Å². The first-order chi connectivity index (χ1) is 11.6. The summed E-state index contributed by atoms with van der Waals surface area (Å²) in [6.07, 6.45) is 3.54. The van der Waals surface area contributed by atoms with E-state index in [0.717, 1.165) is 31.6 Å². The minimum Gasteiger partial charge on any atom is -0.337 e. The van der Waals surface area contributed by atoms with E-state index < -0.39 is 0 Å². The Morgan fingerprint density at radius 1 is 1.12 bits per heavy atom. The number of pyridine rings is 1. The quantitative estimate of drug-likeness (QED) is 0.943. The highest BCUT2D eigenvalue weighted by atomic mass is 16.2. The van der Waals surface area contributed by atoms with Gasteiger partial charge < -0.3 is 10.2 Å². The van der Waals surface area contributed by atoms with Crippen LogP contribution in [0.4, 0.5) is 5.69 Å². The second-order valence-electron chi connectivity index (χ2n) is 6.22. The number of carbonyl (C=O) groups is 2. The third-order valence-corrected chi connectivity index (χ3v) is 4.34. The highest BCUT2D eigenvalue weighted by Crippen LogP contribution is 2.18. The first-order valence-corrected chi connectivity index (χ1v) is 8.25. The zero-order chi connectivity index (χ0) is 16.9. The summed E-state index contributed by atoms with van der Waals surface area (Å²) in [5.41, 5.74) is 1.48. The van der Waals surface area contributed by atoms with E-state index in [4.69, 9.17) is 0 Å². The Kier molecular flexibility index (Phi) is 4.89. The summed E-state index contributed by atoms with van der Waals surface area (Å²) in [6, 6.07) is 12.4. The van der Waals surface area contributed by atoms with Crippen LogP contribution in [0.1, 0.15) is 40.6 Å². The Morgan fingerprint density at radius 3 is 2.54 bits per heavy atom. The maximum absolute atomic E-state index is 12.6. The number of amides is 2. The van der Waals surface area contributed by atoms with E-state index in [9.17, 15) is 9.59 Å². The molecule has 24 heavy (non-hydrogen) atoms. The summed E-state index contributed by atoms with van der Waals surface area (Å²) in [5, 5.41) is 2.82. The van der Waals surface area contributed by atoms with Crippen LogP contribution >= 0.6 is 0 Å². The molecule has 3 rings (SSSR count). The van der Waals surface area contributed by atoms with Gasteiger partial charge in [-0.2, -0.15) is 0 Å². The molecule has 0 radical (unpaired) electrons. The number of nitrogens with zero attached hydrogens (tertiary/aromatic N) is 2. The van der Waals surface area contributed by atoms with Crippen molar-refractivity contribution in [2.75, 3.05) is 18.4 Å². The lowest BCUT2D eigenvalue weighted by atomic mass is 9.99. The smallest absolute Gasteiger partial charge is 0.272 e. The van der Waals surface area contributed by atoms with E-state index in [2.05, 4.69) is 17.2 Å². The molecule has 1 aromatic heterocycles. The van der Waals surface area contributed by atoms with Crippen LogP contribution in [0.25, 0.3) is 0 Å². The molecule has 0 aliphatic carbocycles. The zero-order valence-electron chi connectivity index (χ0n) is 13.7. The minimum absolute atomic E-state index is 0.101. The van der Waals surface area contributed by atoms with E-state index in [1.165, 1.54) is 6.20 Å². The molecule has 5 heteroatoms. The molecule has 124 valence electrons. The molecule has 0 atom stereocenters. The number of benzene rings is 1. The summed E-state index contributed by atoms with van der Waals surface area (Å²) < 4.78 is 0. The Labute approximate surface area is 141 Å². The van der Waals surface area contributed by atoms with Gasteiger partial charge in [-0.05, 0) is 43.0 Å². The number of anilines is 1. The summed E-state index contributed by atoms with van der Waals surface area (Å²) in [4.78, 5) is 30.9. The highest BCUT2D eigenvalue weighted by molar-refractivity contribution is 6.05. The first kappa shape index (κ1) is 16.2. The van der Waals surface area contributed by atoms with Gasteiger partial charge in [0.1, 0.15) is 5.69 Å². The molecule has 2 aromatic rings. The van der Waals surface area contributed by atoms with Crippen LogP contribution in [0, 0.1) is 5.92 Å². The Balaban J connectivity index is 1.71. The monoisotopic (exact) mass is 323 g/mol. The van der Waals surface area contributed by atoms with Crippen molar-refractivity contribution < 1.29 is 9.59 Å². The van der Waals surface area contributed by atoms with Crippen molar-refractivity contribution in [1.29, 1.82) is 0 Å². The molecule has 1 aliphatic rings. The molecular weight excluding hydrogens is 302 g/mol. The van der Waals surface area contributed by atoms with Gasteiger partial charge in [-0.25, -0.2) is 0 Å². The fraction of sp³-hybridized carbons (Fsp3) is 0.316. The van der Waals surface area contributed by atoms with Crippen molar-refractivity contribution in [2.24, 2.45) is 5.92 Å². The number of hydrogen-bond acceptors (Lipinski definition) is 3. The van der Waals surface area contributed by atoms with Gasteiger partial charge in [-0.1, -0.05) is 25.1 Å². The molecule has 0 bridgehead atoms. The molecule has 2 heterocycles. The third kappa shape index (κ3) is 3.79. The predicted octanol–water partition coefficient (Wildman–Crippen LogP) is 3.21. The van der Waals surface area contributed by atoms with Gasteiger partial charge in [-0.3, -0.25) is 14.6 Å². The van der Waals surface area contributed by atoms with Crippen LogP contribution in [0.3, 0.4) is 0 Å². The maximum Gasteiger partial charge on any atom is 0.272 e. The van der Waals surface area contributed by atoms with Gasteiger partial charge in [0.2, 0.25) is 0 Å². The standard InChI is InChI=1S/C19H21N3O2/c1-14-8-11-22(12-9-14)19(24)17-13-15(7-10-20-17)18(23)21-16-5-3-2-4-6-16/h2-7,10,13-14H,8-9,11-12H2,1H3,(H,21,23). The zero-order valence-corrected chi connectivity index (χ0v) is 13.7. The lowest BCUT2D eigenvalue weighted by molar-refractivity contribution is 0.0691. The second kappa shape index (κ2) is 7.25. The van der Waals surface area contributed by atoms with Crippen LogP contribution in [0.15, 0.2) is 48.7 Å². The van der Waals surface area contributed by atoms with Crippen molar-refractivity contribution in [3.8, 4) is 0 Å². The van der Waals surface area contributed by atoms with Crippen LogP contribution in [0.5, 0.6) is 0 Å². The fourth-order valence-corrected chi connectivity index (χ4v) is 2.79. The maximum atomic E-state index is 12.6. The summed E-state index contributed by atoms with van der Waals surface area (Å²) >= 11 is 0. The van der Waals surface area contributed by atoms with Gasteiger partial charge in [0, 0.05) is 30.5 Å². The first-order valence-electron chi connectivity index (χ1n) is 8.25. The molecule has 1 aromatic carbocycles. The Bertz CT molecular complexity index is 722. The van der Waals surface area contributed by atoms with E-state index in [0.29, 0.717) is 17.2 Å². The van der Waals surface area contributed by atoms with E-state index >= 15 is 0 Å². The number of nitrogens with one attached hydrogen (secondary N) is 1. The molecule has 1 saturated heterocycles. The number of carbonyl (C=O) groups excluding carboxylic acids is 2. The molecular formula is C19H21N3O2. The summed E-state index contributed by atoms with van der Waals surface area (Å²) in [5.74, 6) is 0.311.